The van der Waals surface area contributed by atoms with E-state index >= 15 is 0 Å². The lowest BCUT2D eigenvalue weighted by Gasteiger charge is -2.34. The van der Waals surface area contributed by atoms with E-state index in [1.165, 1.54) is 5.56 Å². The Morgan fingerprint density at radius 1 is 1.53 bits per heavy atom. The van der Waals surface area contributed by atoms with Crippen molar-refractivity contribution in [2.45, 2.75) is 39.3 Å². The van der Waals surface area contributed by atoms with Crippen LogP contribution < -0.4 is 5.32 Å². The Bertz CT molecular complexity index is 397. The van der Waals surface area contributed by atoms with Crippen LogP contribution in [-0.4, -0.2) is 40.7 Å². The molecule has 0 spiro atoms. The molecular formula is C15H25N3O. The largest absolute Gasteiger partial charge is 0.392 e. The van der Waals surface area contributed by atoms with Crippen molar-refractivity contribution < 1.29 is 5.11 Å². The maximum atomic E-state index is 9.93. The highest BCUT2D eigenvalue weighted by molar-refractivity contribution is 5.37. The predicted octanol–water partition coefficient (Wildman–Crippen LogP) is 2.11. The number of nitrogens with one attached hydrogen (secondary N) is 1. The van der Waals surface area contributed by atoms with Crippen LogP contribution in [0.1, 0.15) is 32.3 Å². The van der Waals surface area contributed by atoms with Crippen molar-refractivity contribution in [3.05, 3.63) is 23.9 Å². The van der Waals surface area contributed by atoms with Crippen molar-refractivity contribution in [3.63, 3.8) is 0 Å². The highest BCUT2D eigenvalue weighted by Crippen LogP contribution is 2.19. The number of piperidine rings is 1. The molecule has 2 heterocycles. The van der Waals surface area contributed by atoms with Gasteiger partial charge in [-0.05, 0) is 43.0 Å². The van der Waals surface area contributed by atoms with E-state index in [9.17, 15) is 5.11 Å². The van der Waals surface area contributed by atoms with Crippen LogP contribution in [-0.2, 0) is 6.54 Å². The number of aliphatic hydroxyl groups excluding tert-OH is 1. The van der Waals surface area contributed by atoms with Gasteiger partial charge in [-0.25, -0.2) is 4.98 Å². The van der Waals surface area contributed by atoms with Gasteiger partial charge in [-0.15, -0.1) is 0 Å². The summed E-state index contributed by atoms with van der Waals surface area (Å²) in [5, 5.41) is 13.2. The third kappa shape index (κ3) is 4.18. The molecule has 0 aromatic carbocycles. The van der Waals surface area contributed by atoms with Gasteiger partial charge in [0.1, 0.15) is 5.82 Å². The second-order valence-corrected chi connectivity index (χ2v) is 5.54. The van der Waals surface area contributed by atoms with E-state index in [4.69, 9.17) is 0 Å². The van der Waals surface area contributed by atoms with Gasteiger partial charge < -0.3 is 10.4 Å². The van der Waals surface area contributed by atoms with Crippen LogP contribution in [0.25, 0.3) is 0 Å². The number of likely N-dealkylation sites (tertiary alicyclic amines) is 1. The molecule has 0 saturated carbocycles. The summed E-state index contributed by atoms with van der Waals surface area (Å²) < 4.78 is 0. The zero-order valence-electron chi connectivity index (χ0n) is 12.0. The minimum atomic E-state index is -0.187. The quantitative estimate of drug-likeness (QED) is 0.854. The molecular weight excluding hydrogens is 238 g/mol. The third-order valence-electron chi connectivity index (χ3n) is 3.79. The molecule has 1 saturated heterocycles. The first-order valence-corrected chi connectivity index (χ1v) is 7.28. The lowest BCUT2D eigenvalue weighted by Crippen LogP contribution is -2.42. The average molecular weight is 263 g/mol. The van der Waals surface area contributed by atoms with Gasteiger partial charge in [0.25, 0.3) is 0 Å². The third-order valence-corrected chi connectivity index (χ3v) is 3.79. The minimum Gasteiger partial charge on any atom is -0.392 e. The molecule has 1 aromatic heterocycles. The Balaban J connectivity index is 1.91. The fourth-order valence-corrected chi connectivity index (χ4v) is 2.44. The van der Waals surface area contributed by atoms with E-state index in [-0.39, 0.29) is 6.10 Å². The Morgan fingerprint density at radius 3 is 3.11 bits per heavy atom. The highest BCUT2D eigenvalue weighted by atomic mass is 16.3. The molecule has 106 valence electrons. The number of β-amino-alcohol motifs (C(OH)–C–C–N with tert-alkyl or cyclic N) is 1. The second-order valence-electron chi connectivity index (χ2n) is 5.54. The number of aliphatic hydroxyl groups is 1. The molecule has 4 nitrogen and oxygen atoms in total. The Kier molecular flexibility index (Phi) is 5.16. The summed E-state index contributed by atoms with van der Waals surface area (Å²) in [6.45, 7) is 7.97. The number of pyridine rings is 1. The van der Waals surface area contributed by atoms with Gasteiger partial charge in [0.15, 0.2) is 0 Å². The lowest BCUT2D eigenvalue weighted by molar-refractivity contribution is 0.0259. The number of anilines is 1. The van der Waals surface area contributed by atoms with Gasteiger partial charge in [0.2, 0.25) is 0 Å². The number of nitrogens with zero attached hydrogens (tertiary/aromatic N) is 2. The van der Waals surface area contributed by atoms with Crippen LogP contribution in [0, 0.1) is 5.92 Å². The van der Waals surface area contributed by atoms with E-state index in [0.717, 1.165) is 44.8 Å². The fourth-order valence-electron chi connectivity index (χ4n) is 2.44. The van der Waals surface area contributed by atoms with Crippen LogP contribution >= 0.6 is 0 Å². The fraction of sp³-hybridized carbons (Fsp3) is 0.667. The Morgan fingerprint density at radius 2 is 2.37 bits per heavy atom. The van der Waals surface area contributed by atoms with Crippen molar-refractivity contribution in [1.29, 1.82) is 0 Å². The Hall–Kier alpha value is -1.13. The monoisotopic (exact) mass is 263 g/mol. The molecule has 2 rings (SSSR count). The molecule has 0 radical (unpaired) electrons. The standard InChI is InChI=1S/C15H25N3O/c1-3-6-16-15-9-13(4-7-17-15)10-18-8-5-12(2)14(19)11-18/h4,7,9,12,14,19H,3,5-6,8,10-11H2,1-2H3,(H,16,17). The molecule has 2 unspecified atom stereocenters. The van der Waals surface area contributed by atoms with E-state index in [1.54, 1.807) is 0 Å². The summed E-state index contributed by atoms with van der Waals surface area (Å²) in [6, 6.07) is 4.17. The SMILES string of the molecule is CCCNc1cc(CN2CCC(C)C(O)C2)ccn1. The molecule has 1 aromatic rings. The first kappa shape index (κ1) is 14.3. The molecule has 1 aliphatic rings. The summed E-state index contributed by atoms with van der Waals surface area (Å²) in [6.07, 6.45) is 3.85. The van der Waals surface area contributed by atoms with Crippen molar-refractivity contribution in [1.82, 2.24) is 9.88 Å². The van der Waals surface area contributed by atoms with Crippen molar-refractivity contribution in [3.8, 4) is 0 Å². The van der Waals surface area contributed by atoms with Crippen LogP contribution in [0.5, 0.6) is 0 Å². The van der Waals surface area contributed by atoms with Gasteiger partial charge in [0.05, 0.1) is 6.10 Å². The van der Waals surface area contributed by atoms with E-state index < -0.39 is 0 Å². The van der Waals surface area contributed by atoms with Crippen LogP contribution in [0.3, 0.4) is 0 Å². The zero-order valence-corrected chi connectivity index (χ0v) is 12.0. The molecule has 0 amide bonds. The molecule has 1 aliphatic heterocycles. The average Bonchev–Trinajstić information content (AvgIpc) is 2.41. The zero-order chi connectivity index (χ0) is 13.7. The molecule has 2 N–H and O–H groups in total. The van der Waals surface area contributed by atoms with Crippen LogP contribution in [0.2, 0.25) is 0 Å². The first-order chi connectivity index (χ1) is 9.19. The summed E-state index contributed by atoms with van der Waals surface area (Å²) >= 11 is 0. The number of hydrogen-bond acceptors (Lipinski definition) is 4. The summed E-state index contributed by atoms with van der Waals surface area (Å²) in [5.41, 5.74) is 1.26. The minimum absolute atomic E-state index is 0.187. The predicted molar refractivity (Wildman–Crippen MR) is 78.1 cm³/mol. The maximum absolute atomic E-state index is 9.93. The van der Waals surface area contributed by atoms with Gasteiger partial charge in [0, 0.05) is 25.8 Å². The highest BCUT2D eigenvalue weighted by Gasteiger charge is 2.24. The molecule has 4 heteroatoms. The molecule has 2 atom stereocenters. The maximum Gasteiger partial charge on any atom is 0.126 e. The van der Waals surface area contributed by atoms with Crippen molar-refractivity contribution in [2.24, 2.45) is 5.92 Å². The smallest absolute Gasteiger partial charge is 0.126 e. The number of rotatable bonds is 5. The lowest BCUT2D eigenvalue weighted by atomic mass is 9.96. The topological polar surface area (TPSA) is 48.4 Å². The summed E-state index contributed by atoms with van der Waals surface area (Å²) in [4.78, 5) is 6.64. The molecule has 19 heavy (non-hydrogen) atoms. The summed E-state index contributed by atoms with van der Waals surface area (Å²) in [5.74, 6) is 1.38. The summed E-state index contributed by atoms with van der Waals surface area (Å²) in [7, 11) is 0. The molecule has 0 bridgehead atoms. The van der Waals surface area contributed by atoms with Crippen LogP contribution in [0.4, 0.5) is 5.82 Å². The van der Waals surface area contributed by atoms with E-state index in [0.29, 0.717) is 5.92 Å². The Labute approximate surface area is 115 Å². The molecule has 0 aliphatic carbocycles. The number of hydrogen-bond donors (Lipinski definition) is 2. The van der Waals surface area contributed by atoms with Crippen molar-refractivity contribution in [2.75, 3.05) is 25.0 Å². The van der Waals surface area contributed by atoms with E-state index in [1.807, 2.05) is 6.20 Å². The van der Waals surface area contributed by atoms with Gasteiger partial charge in [-0.2, -0.15) is 0 Å². The van der Waals surface area contributed by atoms with Gasteiger partial charge in [-0.1, -0.05) is 13.8 Å². The normalized spacial score (nSPS) is 24.4. The second kappa shape index (κ2) is 6.87. The molecule has 1 fully saturated rings. The number of aromatic nitrogens is 1. The van der Waals surface area contributed by atoms with Crippen LogP contribution in [0.15, 0.2) is 18.3 Å². The first-order valence-electron chi connectivity index (χ1n) is 7.28. The van der Waals surface area contributed by atoms with Gasteiger partial charge in [-0.3, -0.25) is 4.90 Å². The van der Waals surface area contributed by atoms with Gasteiger partial charge >= 0.3 is 0 Å². The van der Waals surface area contributed by atoms with E-state index in [2.05, 4.69) is 41.2 Å². The van der Waals surface area contributed by atoms with Crippen molar-refractivity contribution >= 4 is 5.82 Å².